The second kappa shape index (κ2) is 9.46. The molecule has 0 unspecified atom stereocenters. The van der Waals surface area contributed by atoms with Crippen molar-refractivity contribution in [2.45, 2.75) is 25.7 Å². The molecule has 1 amide bonds. The highest BCUT2D eigenvalue weighted by Gasteiger charge is 2.29. The van der Waals surface area contributed by atoms with Crippen LogP contribution in [-0.2, 0) is 14.8 Å². The number of nitrogens with one attached hydrogen (secondary N) is 1. The summed E-state index contributed by atoms with van der Waals surface area (Å²) in [6.45, 7) is 7.64. The number of hydrogen-bond acceptors (Lipinski definition) is 5. The van der Waals surface area contributed by atoms with Gasteiger partial charge in [0.05, 0.1) is 34.2 Å². The molecule has 9 heteroatoms. The number of sulfonamides is 1. The van der Waals surface area contributed by atoms with Gasteiger partial charge in [0, 0.05) is 26.2 Å². The fourth-order valence-corrected chi connectivity index (χ4v) is 5.44. The van der Waals surface area contributed by atoms with Gasteiger partial charge in [0.15, 0.2) is 0 Å². The van der Waals surface area contributed by atoms with E-state index in [9.17, 15) is 13.2 Å². The van der Waals surface area contributed by atoms with E-state index >= 15 is 0 Å². The van der Waals surface area contributed by atoms with Gasteiger partial charge >= 0.3 is 0 Å². The zero-order chi connectivity index (χ0) is 23.6. The molecule has 1 fully saturated rings. The van der Waals surface area contributed by atoms with E-state index in [1.54, 1.807) is 24.3 Å². The summed E-state index contributed by atoms with van der Waals surface area (Å²) in [5.74, 6) is -0.136. The molecule has 0 atom stereocenters. The molecule has 1 aliphatic heterocycles. The van der Waals surface area contributed by atoms with Crippen LogP contribution in [-0.4, -0.2) is 66.0 Å². The summed E-state index contributed by atoms with van der Waals surface area (Å²) in [5, 5.41) is 7.56. The van der Waals surface area contributed by atoms with Gasteiger partial charge in [0.1, 0.15) is 0 Å². The van der Waals surface area contributed by atoms with Gasteiger partial charge in [-0.1, -0.05) is 35.9 Å². The lowest BCUT2D eigenvalue weighted by Crippen LogP contribution is -2.50. The molecule has 1 aliphatic rings. The number of anilines is 1. The third-order valence-electron chi connectivity index (χ3n) is 5.91. The topological polar surface area (TPSA) is 87.5 Å². The molecule has 3 aromatic rings. The molecule has 174 valence electrons. The van der Waals surface area contributed by atoms with Crippen LogP contribution in [0.25, 0.3) is 5.69 Å². The molecule has 1 aromatic heterocycles. The number of carbonyl (C=O) groups is 1. The summed E-state index contributed by atoms with van der Waals surface area (Å²) in [6, 6.07) is 16.7. The van der Waals surface area contributed by atoms with Crippen molar-refractivity contribution in [2.24, 2.45) is 0 Å². The Labute approximate surface area is 194 Å². The van der Waals surface area contributed by atoms with Crippen molar-refractivity contribution in [3.05, 3.63) is 71.5 Å². The van der Waals surface area contributed by atoms with Crippen LogP contribution in [0.2, 0.25) is 0 Å². The van der Waals surface area contributed by atoms with Crippen LogP contribution in [0.1, 0.15) is 17.0 Å². The van der Waals surface area contributed by atoms with Crippen LogP contribution in [0, 0.1) is 20.8 Å². The minimum absolute atomic E-state index is 0.136. The van der Waals surface area contributed by atoms with Crippen molar-refractivity contribution in [3.8, 4) is 5.69 Å². The SMILES string of the molecule is Cc1ccc(S(=O)(=O)N2CCN(CC(=O)Nc3c(C)nn(-c4ccccc4)c3C)CC2)cc1. The van der Waals surface area contributed by atoms with E-state index in [2.05, 4.69) is 10.4 Å². The minimum atomic E-state index is -3.52. The van der Waals surface area contributed by atoms with E-state index in [1.807, 2.05) is 60.7 Å². The summed E-state index contributed by atoms with van der Waals surface area (Å²) in [5.41, 5.74) is 4.28. The molecule has 0 aliphatic carbocycles. The Morgan fingerprint density at radius 1 is 0.939 bits per heavy atom. The first-order valence-corrected chi connectivity index (χ1v) is 12.4. The molecule has 8 nitrogen and oxygen atoms in total. The van der Waals surface area contributed by atoms with E-state index in [0.29, 0.717) is 36.8 Å². The highest BCUT2D eigenvalue weighted by Crippen LogP contribution is 2.23. The summed E-state index contributed by atoms with van der Waals surface area (Å²) >= 11 is 0. The number of amides is 1. The monoisotopic (exact) mass is 467 g/mol. The van der Waals surface area contributed by atoms with Gasteiger partial charge in [-0.2, -0.15) is 9.40 Å². The maximum atomic E-state index is 12.9. The summed E-state index contributed by atoms with van der Waals surface area (Å²) in [4.78, 5) is 15.0. The van der Waals surface area contributed by atoms with Crippen LogP contribution in [0.3, 0.4) is 0 Å². The molecule has 2 heterocycles. The predicted octanol–water partition coefficient (Wildman–Crippen LogP) is 2.74. The molecule has 1 saturated heterocycles. The van der Waals surface area contributed by atoms with Crippen molar-refractivity contribution < 1.29 is 13.2 Å². The minimum Gasteiger partial charge on any atom is -0.322 e. The number of aryl methyl sites for hydroxylation is 2. The second-order valence-corrected chi connectivity index (χ2v) is 10.3. The zero-order valence-electron chi connectivity index (χ0n) is 19.2. The quantitative estimate of drug-likeness (QED) is 0.602. The Morgan fingerprint density at radius 2 is 1.58 bits per heavy atom. The summed E-state index contributed by atoms with van der Waals surface area (Å²) in [7, 11) is -3.52. The maximum Gasteiger partial charge on any atom is 0.243 e. The van der Waals surface area contributed by atoms with E-state index in [4.69, 9.17) is 0 Å². The predicted molar refractivity (Wildman–Crippen MR) is 128 cm³/mol. The van der Waals surface area contributed by atoms with Crippen molar-refractivity contribution in [1.82, 2.24) is 19.0 Å². The average molecular weight is 468 g/mol. The van der Waals surface area contributed by atoms with Gasteiger partial charge in [0.2, 0.25) is 15.9 Å². The fraction of sp³-hybridized carbons (Fsp3) is 0.333. The van der Waals surface area contributed by atoms with Crippen molar-refractivity contribution in [1.29, 1.82) is 0 Å². The molecule has 0 radical (unpaired) electrons. The van der Waals surface area contributed by atoms with Gasteiger partial charge in [0.25, 0.3) is 0 Å². The van der Waals surface area contributed by atoms with Gasteiger partial charge in [-0.3, -0.25) is 9.69 Å². The third kappa shape index (κ3) is 5.00. The van der Waals surface area contributed by atoms with Crippen LogP contribution in [0.5, 0.6) is 0 Å². The van der Waals surface area contributed by atoms with Crippen molar-refractivity contribution >= 4 is 21.6 Å². The van der Waals surface area contributed by atoms with Gasteiger partial charge in [-0.15, -0.1) is 0 Å². The number of carbonyl (C=O) groups excluding carboxylic acids is 1. The molecule has 0 spiro atoms. The van der Waals surface area contributed by atoms with Gasteiger partial charge in [-0.05, 0) is 45.0 Å². The first kappa shape index (κ1) is 23.2. The molecular weight excluding hydrogens is 438 g/mol. The zero-order valence-corrected chi connectivity index (χ0v) is 20.0. The van der Waals surface area contributed by atoms with Crippen LogP contribution in [0.15, 0.2) is 59.5 Å². The molecule has 33 heavy (non-hydrogen) atoms. The second-order valence-electron chi connectivity index (χ2n) is 8.33. The first-order chi connectivity index (χ1) is 15.8. The Morgan fingerprint density at radius 3 is 2.21 bits per heavy atom. The number of benzene rings is 2. The average Bonchev–Trinajstić information content (AvgIpc) is 3.08. The van der Waals surface area contributed by atoms with Crippen LogP contribution < -0.4 is 5.32 Å². The third-order valence-corrected chi connectivity index (χ3v) is 7.83. The Kier molecular flexibility index (Phi) is 6.64. The lowest BCUT2D eigenvalue weighted by Gasteiger charge is -2.33. The van der Waals surface area contributed by atoms with Gasteiger partial charge < -0.3 is 5.32 Å². The van der Waals surface area contributed by atoms with E-state index < -0.39 is 10.0 Å². The largest absolute Gasteiger partial charge is 0.322 e. The lowest BCUT2D eigenvalue weighted by atomic mass is 10.2. The molecule has 0 saturated carbocycles. The molecule has 1 N–H and O–H groups in total. The Bertz CT molecular complexity index is 1230. The lowest BCUT2D eigenvalue weighted by molar-refractivity contribution is -0.117. The number of rotatable bonds is 6. The molecule has 4 rings (SSSR count). The van der Waals surface area contributed by atoms with Crippen LogP contribution >= 0.6 is 0 Å². The highest BCUT2D eigenvalue weighted by atomic mass is 32.2. The normalized spacial score (nSPS) is 15.5. The number of aromatic nitrogens is 2. The molecular formula is C24H29N5O3S. The highest BCUT2D eigenvalue weighted by molar-refractivity contribution is 7.89. The van der Waals surface area contributed by atoms with E-state index in [1.165, 1.54) is 4.31 Å². The number of piperazine rings is 1. The van der Waals surface area contributed by atoms with Crippen molar-refractivity contribution in [3.63, 3.8) is 0 Å². The number of nitrogens with zero attached hydrogens (tertiary/aromatic N) is 4. The Hall–Kier alpha value is -3.01. The Balaban J connectivity index is 1.36. The standard InChI is InChI=1S/C24H29N5O3S/c1-18-9-11-22(12-10-18)33(31,32)28-15-13-27(14-16-28)17-23(30)25-24-19(2)26-29(20(24)3)21-7-5-4-6-8-21/h4-12H,13-17H2,1-3H3,(H,25,30). The smallest absolute Gasteiger partial charge is 0.243 e. The van der Waals surface area contributed by atoms with E-state index in [-0.39, 0.29) is 12.5 Å². The molecule has 2 aromatic carbocycles. The van der Waals surface area contributed by atoms with E-state index in [0.717, 1.165) is 22.6 Å². The summed E-state index contributed by atoms with van der Waals surface area (Å²) in [6.07, 6.45) is 0. The van der Waals surface area contributed by atoms with Crippen LogP contribution in [0.4, 0.5) is 5.69 Å². The van der Waals surface area contributed by atoms with Crippen molar-refractivity contribution in [2.75, 3.05) is 38.0 Å². The first-order valence-electron chi connectivity index (χ1n) is 11.0. The number of hydrogen-bond donors (Lipinski definition) is 1. The summed E-state index contributed by atoms with van der Waals surface area (Å²) < 4.78 is 29.1. The van der Waals surface area contributed by atoms with Gasteiger partial charge in [-0.25, -0.2) is 13.1 Å². The maximum absolute atomic E-state index is 12.9. The molecule has 0 bridgehead atoms. The fourth-order valence-electron chi connectivity index (χ4n) is 4.01. The number of para-hydroxylation sites is 1.